The molecule has 2 heterocycles. The number of nitrogens with zero attached hydrogens (tertiary/aromatic N) is 2. The Kier molecular flexibility index (Phi) is 5.13. The quantitative estimate of drug-likeness (QED) is 0.788. The fourth-order valence-corrected chi connectivity index (χ4v) is 2.33. The molecule has 2 rings (SSSR count). The van der Waals surface area contributed by atoms with Gasteiger partial charge in [-0.2, -0.15) is 5.10 Å². The molecule has 8 heteroatoms. The molecule has 0 aromatic carbocycles. The zero-order valence-corrected chi connectivity index (χ0v) is 12.7. The summed E-state index contributed by atoms with van der Waals surface area (Å²) in [6.07, 6.45) is 2.53. The molecule has 1 aromatic rings. The largest absolute Gasteiger partial charge is 0.468 e. The van der Waals surface area contributed by atoms with E-state index in [9.17, 15) is 9.59 Å². The first-order valence-corrected chi connectivity index (χ1v) is 7.05. The Hall–Kier alpha value is -1.41. The highest BCUT2D eigenvalue weighted by Crippen LogP contribution is 2.18. The van der Waals surface area contributed by atoms with Crippen molar-refractivity contribution in [1.82, 2.24) is 9.78 Å². The number of carbonyl (C=O) groups excluding carboxylic acids is 1. The summed E-state index contributed by atoms with van der Waals surface area (Å²) >= 11 is 3.23. The fraction of sp³-hybridized carbons (Fsp3) is 0.583. The van der Waals surface area contributed by atoms with Gasteiger partial charge in [0.2, 0.25) is 0 Å². The maximum Gasteiger partial charge on any atom is 0.327 e. The van der Waals surface area contributed by atoms with Crippen LogP contribution in [0.3, 0.4) is 0 Å². The third-order valence-electron chi connectivity index (χ3n) is 3.10. The zero-order chi connectivity index (χ0) is 14.5. The second-order valence-corrected chi connectivity index (χ2v) is 5.31. The van der Waals surface area contributed by atoms with Gasteiger partial charge >= 0.3 is 5.97 Å². The van der Waals surface area contributed by atoms with E-state index in [1.54, 1.807) is 0 Å². The molecule has 0 bridgehead atoms. The van der Waals surface area contributed by atoms with Gasteiger partial charge in [0.25, 0.3) is 5.56 Å². The molecule has 0 spiro atoms. The van der Waals surface area contributed by atoms with E-state index in [1.807, 2.05) is 0 Å². The van der Waals surface area contributed by atoms with Crippen molar-refractivity contribution in [3.63, 3.8) is 0 Å². The molecule has 0 saturated carbocycles. The van der Waals surface area contributed by atoms with Gasteiger partial charge in [0, 0.05) is 19.1 Å². The molecule has 20 heavy (non-hydrogen) atoms. The van der Waals surface area contributed by atoms with Gasteiger partial charge < -0.3 is 14.8 Å². The number of rotatable bonds is 5. The van der Waals surface area contributed by atoms with Crippen LogP contribution in [0, 0.1) is 5.92 Å². The van der Waals surface area contributed by atoms with Crippen molar-refractivity contribution < 1.29 is 14.3 Å². The Labute approximate surface area is 124 Å². The number of methoxy groups -OCH3 is 1. The molecule has 110 valence electrons. The SMILES string of the molecule is COC(=O)Cn1ncc(NCC2CCOC2)c(Br)c1=O. The van der Waals surface area contributed by atoms with E-state index < -0.39 is 5.97 Å². The number of nitrogens with one attached hydrogen (secondary N) is 1. The van der Waals surface area contributed by atoms with Crippen LogP contribution in [0.2, 0.25) is 0 Å². The Balaban J connectivity index is 2.05. The number of hydrogen-bond acceptors (Lipinski definition) is 6. The van der Waals surface area contributed by atoms with Gasteiger partial charge in [0.15, 0.2) is 0 Å². The number of ether oxygens (including phenoxy) is 2. The van der Waals surface area contributed by atoms with Gasteiger partial charge in [0.05, 0.1) is 25.6 Å². The van der Waals surface area contributed by atoms with E-state index in [-0.39, 0.29) is 12.1 Å². The predicted octanol–water partition coefficient (Wildman–Crippen LogP) is 0.627. The summed E-state index contributed by atoms with van der Waals surface area (Å²) in [6.45, 7) is 2.04. The lowest BCUT2D eigenvalue weighted by Crippen LogP contribution is -2.28. The van der Waals surface area contributed by atoms with Crippen LogP contribution in [0.1, 0.15) is 6.42 Å². The van der Waals surface area contributed by atoms with Gasteiger partial charge in [0.1, 0.15) is 11.0 Å². The summed E-state index contributed by atoms with van der Waals surface area (Å²) in [5, 5.41) is 7.12. The van der Waals surface area contributed by atoms with Crippen molar-refractivity contribution in [1.29, 1.82) is 0 Å². The number of halogens is 1. The van der Waals surface area contributed by atoms with Gasteiger partial charge in [-0.1, -0.05) is 0 Å². The normalized spacial score (nSPS) is 18.0. The standard InChI is InChI=1S/C12H16BrN3O4/c1-19-10(17)6-16-12(18)11(13)9(5-15-16)14-4-8-2-3-20-7-8/h5,8,14H,2-4,6-7H2,1H3. The van der Waals surface area contributed by atoms with Crippen molar-refractivity contribution in [2.45, 2.75) is 13.0 Å². The topological polar surface area (TPSA) is 82.5 Å². The van der Waals surface area contributed by atoms with Crippen LogP contribution in [0.25, 0.3) is 0 Å². The lowest BCUT2D eigenvalue weighted by Gasteiger charge is -2.12. The lowest BCUT2D eigenvalue weighted by molar-refractivity contribution is -0.141. The fourth-order valence-electron chi connectivity index (χ4n) is 1.89. The molecule has 1 N–H and O–H groups in total. The van der Waals surface area contributed by atoms with Crippen LogP contribution in [-0.4, -0.2) is 42.6 Å². The molecule has 7 nitrogen and oxygen atoms in total. The minimum Gasteiger partial charge on any atom is -0.468 e. The maximum atomic E-state index is 12.0. The summed E-state index contributed by atoms with van der Waals surface area (Å²) < 4.78 is 11.2. The third kappa shape index (κ3) is 3.57. The van der Waals surface area contributed by atoms with E-state index in [2.05, 4.69) is 31.1 Å². The van der Waals surface area contributed by atoms with Crippen molar-refractivity contribution in [2.24, 2.45) is 5.92 Å². The molecule has 0 aliphatic carbocycles. The van der Waals surface area contributed by atoms with Crippen molar-refractivity contribution >= 4 is 27.6 Å². The Bertz CT molecular complexity index is 540. The minimum atomic E-state index is -0.518. The highest BCUT2D eigenvalue weighted by atomic mass is 79.9. The van der Waals surface area contributed by atoms with E-state index in [4.69, 9.17) is 4.74 Å². The summed E-state index contributed by atoms with van der Waals surface area (Å²) in [5.41, 5.74) is 0.242. The van der Waals surface area contributed by atoms with Gasteiger partial charge in [-0.05, 0) is 22.4 Å². The molecular weight excluding hydrogens is 330 g/mol. The van der Waals surface area contributed by atoms with Gasteiger partial charge in [-0.15, -0.1) is 0 Å². The molecule has 1 aliphatic heterocycles. The number of carbonyl (C=O) groups is 1. The Morgan fingerprint density at radius 1 is 1.70 bits per heavy atom. The second-order valence-electron chi connectivity index (χ2n) is 4.52. The smallest absolute Gasteiger partial charge is 0.327 e. The Morgan fingerprint density at radius 3 is 3.15 bits per heavy atom. The molecule has 1 aromatic heterocycles. The average Bonchev–Trinajstić information content (AvgIpc) is 2.96. The molecule has 1 saturated heterocycles. The molecule has 0 amide bonds. The number of hydrogen-bond donors (Lipinski definition) is 1. The maximum absolute atomic E-state index is 12.0. The number of anilines is 1. The molecule has 1 unspecified atom stereocenters. The van der Waals surface area contributed by atoms with E-state index in [1.165, 1.54) is 13.3 Å². The molecule has 1 atom stereocenters. The summed E-state index contributed by atoms with van der Waals surface area (Å²) in [5.74, 6) is -0.0743. The average molecular weight is 346 g/mol. The van der Waals surface area contributed by atoms with E-state index in [0.717, 1.165) is 30.9 Å². The third-order valence-corrected chi connectivity index (χ3v) is 3.86. The predicted molar refractivity (Wildman–Crippen MR) is 75.6 cm³/mol. The molecule has 0 radical (unpaired) electrons. The molecule has 1 aliphatic rings. The van der Waals surface area contributed by atoms with E-state index >= 15 is 0 Å². The van der Waals surface area contributed by atoms with Crippen LogP contribution in [-0.2, 0) is 20.8 Å². The monoisotopic (exact) mass is 345 g/mol. The van der Waals surface area contributed by atoms with Crippen LogP contribution < -0.4 is 10.9 Å². The minimum absolute atomic E-state index is 0.204. The van der Waals surface area contributed by atoms with Gasteiger partial charge in [-0.25, -0.2) is 4.68 Å². The summed E-state index contributed by atoms with van der Waals surface area (Å²) in [4.78, 5) is 23.2. The van der Waals surface area contributed by atoms with Crippen LogP contribution in [0.4, 0.5) is 5.69 Å². The first-order chi connectivity index (χ1) is 9.61. The van der Waals surface area contributed by atoms with Crippen LogP contribution in [0.5, 0.6) is 0 Å². The summed E-state index contributed by atoms with van der Waals surface area (Å²) in [6, 6.07) is 0. The number of esters is 1. The zero-order valence-electron chi connectivity index (χ0n) is 11.1. The van der Waals surface area contributed by atoms with E-state index in [0.29, 0.717) is 16.1 Å². The van der Waals surface area contributed by atoms with Crippen molar-refractivity contribution in [3.8, 4) is 0 Å². The first-order valence-electron chi connectivity index (χ1n) is 6.26. The van der Waals surface area contributed by atoms with Crippen LogP contribution >= 0.6 is 15.9 Å². The molecule has 1 fully saturated rings. The highest BCUT2D eigenvalue weighted by molar-refractivity contribution is 9.10. The van der Waals surface area contributed by atoms with Crippen molar-refractivity contribution in [3.05, 3.63) is 21.0 Å². The highest BCUT2D eigenvalue weighted by Gasteiger charge is 2.17. The molecular formula is C12H16BrN3O4. The van der Waals surface area contributed by atoms with Crippen LogP contribution in [0.15, 0.2) is 15.5 Å². The first kappa shape index (κ1) is 15.0. The Morgan fingerprint density at radius 2 is 2.50 bits per heavy atom. The second kappa shape index (κ2) is 6.85. The van der Waals surface area contributed by atoms with Gasteiger partial charge in [-0.3, -0.25) is 9.59 Å². The lowest BCUT2D eigenvalue weighted by atomic mass is 10.1. The van der Waals surface area contributed by atoms with Crippen molar-refractivity contribution in [2.75, 3.05) is 32.2 Å². The number of aromatic nitrogens is 2. The summed E-state index contributed by atoms with van der Waals surface area (Å²) in [7, 11) is 1.27.